The fourth-order valence-corrected chi connectivity index (χ4v) is 5.39. The zero-order valence-corrected chi connectivity index (χ0v) is 21.9. The monoisotopic (exact) mass is 476 g/mol. The van der Waals surface area contributed by atoms with Crippen LogP contribution >= 0.6 is 0 Å². The summed E-state index contributed by atoms with van der Waals surface area (Å²) in [5.41, 5.74) is 6.83. The summed E-state index contributed by atoms with van der Waals surface area (Å²) in [6.45, 7) is 7.97. The number of hydrogen-bond donors (Lipinski definition) is 1. The summed E-state index contributed by atoms with van der Waals surface area (Å²) in [6.07, 6.45) is 13.6. The molecule has 1 aliphatic carbocycles. The third kappa shape index (κ3) is 8.07. The van der Waals surface area contributed by atoms with Gasteiger partial charge in [-0.1, -0.05) is 88.6 Å². The van der Waals surface area contributed by atoms with Gasteiger partial charge in [0.2, 0.25) is 0 Å². The van der Waals surface area contributed by atoms with Gasteiger partial charge in [0.1, 0.15) is 0 Å². The van der Waals surface area contributed by atoms with E-state index < -0.39 is 5.97 Å². The number of aliphatic hydroxyl groups excluding tert-OH is 1. The van der Waals surface area contributed by atoms with Crippen molar-refractivity contribution in [2.75, 3.05) is 13.2 Å². The van der Waals surface area contributed by atoms with E-state index in [9.17, 15) is 4.79 Å². The highest BCUT2D eigenvalue weighted by molar-refractivity contribution is 5.87. The second-order valence-corrected chi connectivity index (χ2v) is 10.2. The van der Waals surface area contributed by atoms with Crippen molar-refractivity contribution >= 4 is 5.97 Å². The van der Waals surface area contributed by atoms with Gasteiger partial charge in [0.15, 0.2) is 0 Å². The van der Waals surface area contributed by atoms with E-state index in [0.717, 1.165) is 31.1 Å². The number of esters is 1. The first kappa shape index (κ1) is 27.2. The molecule has 1 N–H and O–H groups in total. The number of aliphatic hydroxyl groups is 1. The number of benzene rings is 2. The van der Waals surface area contributed by atoms with Gasteiger partial charge in [-0.2, -0.15) is 0 Å². The summed E-state index contributed by atoms with van der Waals surface area (Å²) in [7, 11) is 0. The zero-order valence-electron chi connectivity index (χ0n) is 21.9. The van der Waals surface area contributed by atoms with Gasteiger partial charge in [0, 0.05) is 0 Å². The highest BCUT2D eigenvalue weighted by atomic mass is 16.5. The Labute approximate surface area is 212 Å². The zero-order chi connectivity index (χ0) is 25.0. The first-order chi connectivity index (χ1) is 17.0. The van der Waals surface area contributed by atoms with E-state index in [-0.39, 0.29) is 12.2 Å². The minimum atomic E-state index is -0.513. The van der Waals surface area contributed by atoms with Crippen LogP contribution in [0.4, 0.5) is 0 Å². The maximum absolute atomic E-state index is 11.6. The van der Waals surface area contributed by atoms with Crippen LogP contribution in [-0.2, 0) is 22.4 Å². The molecule has 3 rings (SSSR count). The Balaban J connectivity index is 1.54. The average Bonchev–Trinajstić information content (AvgIpc) is 2.91. The van der Waals surface area contributed by atoms with Gasteiger partial charge in [0.05, 0.1) is 18.8 Å². The minimum absolute atomic E-state index is 0.101. The average molecular weight is 477 g/mol. The molecule has 2 aromatic carbocycles. The van der Waals surface area contributed by atoms with Crippen LogP contribution < -0.4 is 0 Å². The third-order valence-electron chi connectivity index (χ3n) is 7.63. The van der Waals surface area contributed by atoms with Gasteiger partial charge in [-0.15, -0.1) is 0 Å². The topological polar surface area (TPSA) is 46.5 Å². The fraction of sp³-hybridized carbons (Fsp3) is 0.531. The van der Waals surface area contributed by atoms with Crippen LogP contribution in [0.3, 0.4) is 0 Å². The quantitative estimate of drug-likeness (QED) is 0.182. The normalized spacial score (nSPS) is 17.8. The summed E-state index contributed by atoms with van der Waals surface area (Å²) in [6, 6.07) is 16.1. The largest absolute Gasteiger partial charge is 0.462 e. The number of carbonyl (C=O) groups is 1. The van der Waals surface area contributed by atoms with Crippen LogP contribution in [0, 0.1) is 5.92 Å². The lowest BCUT2D eigenvalue weighted by atomic mass is 9.77. The molecule has 0 bridgehead atoms. The molecule has 3 nitrogen and oxygen atoms in total. The molecule has 0 atom stereocenters. The number of unbranched alkanes of at least 4 members (excludes halogenated alkanes) is 2. The maximum atomic E-state index is 11.6. The predicted molar refractivity (Wildman–Crippen MR) is 146 cm³/mol. The van der Waals surface area contributed by atoms with Crippen LogP contribution in [0.15, 0.2) is 54.6 Å². The Kier molecular flexibility index (Phi) is 11.1. The number of aryl methyl sites for hydroxylation is 2. The molecule has 35 heavy (non-hydrogen) atoms. The lowest BCUT2D eigenvalue weighted by Gasteiger charge is -2.29. The molecule has 1 fully saturated rings. The molecule has 1 aliphatic rings. The van der Waals surface area contributed by atoms with E-state index >= 15 is 0 Å². The first-order valence-electron chi connectivity index (χ1n) is 13.7. The SMILES string of the molecule is C=C(CO)C(=O)OCCCc1ccc(-c2ccc(C3CCC(CCCCC)CC3)cc2)c(CC)c1. The first-order valence-corrected chi connectivity index (χ1v) is 13.7. The molecular formula is C32H44O3. The van der Waals surface area contributed by atoms with Crippen molar-refractivity contribution in [3.8, 4) is 11.1 Å². The van der Waals surface area contributed by atoms with Crippen LogP contribution in [0.2, 0.25) is 0 Å². The molecule has 0 aromatic heterocycles. The van der Waals surface area contributed by atoms with E-state index in [1.54, 1.807) is 0 Å². The summed E-state index contributed by atoms with van der Waals surface area (Å²) < 4.78 is 5.16. The highest BCUT2D eigenvalue weighted by Crippen LogP contribution is 2.38. The van der Waals surface area contributed by atoms with E-state index in [4.69, 9.17) is 9.84 Å². The van der Waals surface area contributed by atoms with Gasteiger partial charge < -0.3 is 9.84 Å². The smallest absolute Gasteiger partial charge is 0.335 e. The van der Waals surface area contributed by atoms with Gasteiger partial charge >= 0.3 is 5.97 Å². The van der Waals surface area contributed by atoms with Crippen molar-refractivity contribution in [1.82, 2.24) is 0 Å². The van der Waals surface area contributed by atoms with E-state index in [1.807, 2.05) is 0 Å². The second kappa shape index (κ2) is 14.2. The second-order valence-electron chi connectivity index (χ2n) is 10.2. The Hall–Kier alpha value is -2.39. The minimum Gasteiger partial charge on any atom is -0.462 e. The standard InChI is InChI=1S/C32H44O3/c1-4-6-7-9-25-11-14-28(15-12-25)29-16-18-30(19-17-29)31-20-13-26(22-27(31)5-2)10-8-21-35-32(34)24(3)23-33/h13,16-20,22,25,28,33H,3-12,14-15,21,23H2,1-2H3. The fourth-order valence-electron chi connectivity index (χ4n) is 5.39. The van der Waals surface area contributed by atoms with E-state index in [1.165, 1.54) is 79.2 Å². The van der Waals surface area contributed by atoms with Crippen molar-refractivity contribution < 1.29 is 14.6 Å². The molecule has 0 heterocycles. The number of rotatable bonds is 13. The number of ether oxygens (including phenoxy) is 1. The molecule has 0 unspecified atom stereocenters. The molecule has 0 aliphatic heterocycles. The Morgan fingerprint density at radius 3 is 2.40 bits per heavy atom. The van der Waals surface area contributed by atoms with Gasteiger partial charge in [-0.25, -0.2) is 4.79 Å². The lowest BCUT2D eigenvalue weighted by Crippen LogP contribution is -2.13. The highest BCUT2D eigenvalue weighted by Gasteiger charge is 2.22. The third-order valence-corrected chi connectivity index (χ3v) is 7.63. The van der Waals surface area contributed by atoms with Crippen LogP contribution in [0.5, 0.6) is 0 Å². The molecule has 3 heteroatoms. The Bertz CT molecular complexity index is 936. The molecule has 2 aromatic rings. The van der Waals surface area contributed by atoms with Crippen molar-refractivity contribution in [3.63, 3.8) is 0 Å². The van der Waals surface area contributed by atoms with Crippen LogP contribution in [-0.4, -0.2) is 24.3 Å². The molecule has 1 saturated carbocycles. The summed E-state index contributed by atoms with van der Waals surface area (Å²) in [5, 5.41) is 8.94. The number of hydrogen-bond acceptors (Lipinski definition) is 3. The van der Waals surface area contributed by atoms with E-state index in [0.29, 0.717) is 6.61 Å². The molecule has 0 spiro atoms. The van der Waals surface area contributed by atoms with Crippen molar-refractivity contribution in [2.24, 2.45) is 5.92 Å². The Morgan fingerprint density at radius 2 is 1.74 bits per heavy atom. The summed E-state index contributed by atoms with van der Waals surface area (Å²) in [4.78, 5) is 11.6. The van der Waals surface area contributed by atoms with Gasteiger partial charge in [-0.3, -0.25) is 0 Å². The lowest BCUT2D eigenvalue weighted by molar-refractivity contribution is -0.139. The van der Waals surface area contributed by atoms with Crippen molar-refractivity contribution in [2.45, 2.75) is 90.4 Å². The van der Waals surface area contributed by atoms with E-state index in [2.05, 4.69) is 62.9 Å². The van der Waals surface area contributed by atoms with Crippen LogP contribution in [0.1, 0.15) is 94.2 Å². The molecule has 0 radical (unpaired) electrons. The number of carbonyl (C=O) groups excluding carboxylic acids is 1. The Morgan fingerprint density at radius 1 is 1.00 bits per heavy atom. The summed E-state index contributed by atoms with van der Waals surface area (Å²) >= 11 is 0. The van der Waals surface area contributed by atoms with Crippen molar-refractivity contribution in [1.29, 1.82) is 0 Å². The molecule has 0 saturated heterocycles. The maximum Gasteiger partial charge on any atom is 0.335 e. The van der Waals surface area contributed by atoms with Gasteiger partial charge in [-0.05, 0) is 84.6 Å². The van der Waals surface area contributed by atoms with Gasteiger partial charge in [0.25, 0.3) is 0 Å². The van der Waals surface area contributed by atoms with Crippen LogP contribution in [0.25, 0.3) is 11.1 Å². The molecule has 0 amide bonds. The summed E-state index contributed by atoms with van der Waals surface area (Å²) in [5.74, 6) is 1.17. The predicted octanol–water partition coefficient (Wildman–Crippen LogP) is 7.79. The van der Waals surface area contributed by atoms with Crippen molar-refractivity contribution in [3.05, 3.63) is 71.3 Å². The molecule has 190 valence electrons. The molecular weight excluding hydrogens is 432 g/mol.